The molecule has 0 aromatic heterocycles. The molecule has 3 aromatic carbocycles. The summed E-state index contributed by atoms with van der Waals surface area (Å²) in [6.07, 6.45) is 1.24. The Bertz CT molecular complexity index is 807. The van der Waals surface area contributed by atoms with E-state index in [0.717, 1.165) is 6.54 Å². The van der Waals surface area contributed by atoms with Crippen LogP contribution in [0.1, 0.15) is 23.5 Å². The number of nitrogens with one attached hydrogen (secondary N) is 2. The second-order valence-electron chi connectivity index (χ2n) is 6.76. The zero-order valence-corrected chi connectivity index (χ0v) is 14.6. The molecule has 0 heterocycles. The minimum atomic E-state index is 0.606. The molecule has 2 nitrogen and oxygen atoms in total. The summed E-state index contributed by atoms with van der Waals surface area (Å²) in [7, 11) is 1.96. The van der Waals surface area contributed by atoms with Gasteiger partial charge in [-0.2, -0.15) is 0 Å². The molecule has 0 saturated heterocycles. The Balaban J connectivity index is 1.32. The molecule has 4 rings (SSSR count). The van der Waals surface area contributed by atoms with E-state index >= 15 is 0 Å². The fourth-order valence-corrected chi connectivity index (χ4v) is 3.38. The van der Waals surface area contributed by atoms with Crippen LogP contribution in [0.15, 0.2) is 78.9 Å². The zero-order valence-electron chi connectivity index (χ0n) is 14.6. The highest BCUT2D eigenvalue weighted by Gasteiger charge is 2.37. The van der Waals surface area contributed by atoms with Crippen LogP contribution < -0.4 is 10.6 Å². The normalized spacial score (nSPS) is 18.8. The van der Waals surface area contributed by atoms with Crippen LogP contribution in [0.3, 0.4) is 0 Å². The molecule has 0 spiro atoms. The summed E-state index contributed by atoms with van der Waals surface area (Å²) < 4.78 is 0. The summed E-state index contributed by atoms with van der Waals surface area (Å²) in [6, 6.07) is 28.8. The number of rotatable bonds is 6. The molecule has 3 aromatic rings. The second-order valence-corrected chi connectivity index (χ2v) is 6.76. The van der Waals surface area contributed by atoms with E-state index < -0.39 is 0 Å². The number of anilines is 1. The molecular formula is C23H24N2. The minimum absolute atomic E-state index is 0.606. The molecule has 2 heteroatoms. The van der Waals surface area contributed by atoms with Gasteiger partial charge >= 0.3 is 0 Å². The Labute approximate surface area is 149 Å². The van der Waals surface area contributed by atoms with E-state index in [0.29, 0.717) is 12.0 Å². The summed E-state index contributed by atoms with van der Waals surface area (Å²) in [6.45, 7) is 0.935. The van der Waals surface area contributed by atoms with Gasteiger partial charge < -0.3 is 10.6 Å². The Hall–Kier alpha value is -2.58. The van der Waals surface area contributed by atoms with Gasteiger partial charge in [0, 0.05) is 31.2 Å². The van der Waals surface area contributed by atoms with Crippen LogP contribution >= 0.6 is 0 Å². The molecule has 1 saturated carbocycles. The smallest absolute Gasteiger partial charge is 0.0337 e. The van der Waals surface area contributed by atoms with E-state index in [1.54, 1.807) is 0 Å². The first-order valence-corrected chi connectivity index (χ1v) is 8.99. The fraction of sp³-hybridized carbons (Fsp3) is 0.217. The van der Waals surface area contributed by atoms with Crippen molar-refractivity contribution >= 4 is 5.69 Å². The molecular weight excluding hydrogens is 304 g/mol. The van der Waals surface area contributed by atoms with E-state index in [-0.39, 0.29) is 0 Å². The molecule has 2 unspecified atom stereocenters. The average molecular weight is 328 g/mol. The van der Waals surface area contributed by atoms with Crippen molar-refractivity contribution in [2.45, 2.75) is 24.9 Å². The fourth-order valence-electron chi connectivity index (χ4n) is 3.38. The molecule has 0 bridgehead atoms. The predicted octanol–water partition coefficient (Wildman–Crippen LogP) is 5.04. The van der Waals surface area contributed by atoms with Gasteiger partial charge in [0.25, 0.3) is 0 Å². The molecule has 2 atom stereocenters. The molecule has 25 heavy (non-hydrogen) atoms. The summed E-state index contributed by atoms with van der Waals surface area (Å²) in [5.74, 6) is 0.662. The average Bonchev–Trinajstić information content (AvgIpc) is 3.47. The van der Waals surface area contributed by atoms with Gasteiger partial charge in [-0.05, 0) is 40.8 Å². The maximum atomic E-state index is 3.69. The van der Waals surface area contributed by atoms with Crippen LogP contribution in [0.4, 0.5) is 5.69 Å². The first-order chi connectivity index (χ1) is 12.3. The van der Waals surface area contributed by atoms with Crippen molar-refractivity contribution in [1.29, 1.82) is 0 Å². The maximum Gasteiger partial charge on any atom is 0.0337 e. The summed E-state index contributed by atoms with van der Waals surface area (Å²) in [5.41, 5.74) is 6.51. The highest BCUT2D eigenvalue weighted by Crippen LogP contribution is 2.41. The highest BCUT2D eigenvalue weighted by molar-refractivity contribution is 5.63. The van der Waals surface area contributed by atoms with Crippen LogP contribution in [0.25, 0.3) is 11.1 Å². The Morgan fingerprint density at radius 3 is 2.16 bits per heavy atom. The largest absolute Gasteiger partial charge is 0.388 e. The van der Waals surface area contributed by atoms with Crippen molar-refractivity contribution in [1.82, 2.24) is 5.32 Å². The van der Waals surface area contributed by atoms with Gasteiger partial charge in [-0.15, -0.1) is 0 Å². The van der Waals surface area contributed by atoms with E-state index in [2.05, 4.69) is 89.5 Å². The van der Waals surface area contributed by atoms with E-state index in [9.17, 15) is 0 Å². The topological polar surface area (TPSA) is 24.1 Å². The van der Waals surface area contributed by atoms with E-state index in [4.69, 9.17) is 0 Å². The molecule has 0 radical (unpaired) electrons. The van der Waals surface area contributed by atoms with Crippen LogP contribution in [-0.2, 0) is 6.54 Å². The summed E-state index contributed by atoms with van der Waals surface area (Å²) >= 11 is 0. The zero-order chi connectivity index (χ0) is 17.1. The molecule has 2 N–H and O–H groups in total. The van der Waals surface area contributed by atoms with Crippen molar-refractivity contribution < 1.29 is 0 Å². The minimum Gasteiger partial charge on any atom is -0.388 e. The van der Waals surface area contributed by atoms with Crippen LogP contribution in [0, 0.1) is 0 Å². The molecule has 0 amide bonds. The van der Waals surface area contributed by atoms with Crippen molar-refractivity contribution in [3.63, 3.8) is 0 Å². The van der Waals surface area contributed by atoms with Gasteiger partial charge in [0.05, 0.1) is 0 Å². The van der Waals surface area contributed by atoms with Gasteiger partial charge in [-0.1, -0.05) is 66.7 Å². The van der Waals surface area contributed by atoms with Crippen molar-refractivity contribution in [3.05, 3.63) is 90.0 Å². The van der Waals surface area contributed by atoms with E-state index in [1.165, 1.54) is 34.4 Å². The molecule has 1 aliphatic carbocycles. The Kier molecular flexibility index (Phi) is 4.53. The number of hydrogen-bond acceptors (Lipinski definition) is 2. The van der Waals surface area contributed by atoms with Gasteiger partial charge in [-0.3, -0.25) is 0 Å². The monoisotopic (exact) mass is 328 g/mol. The second kappa shape index (κ2) is 7.12. The van der Waals surface area contributed by atoms with Crippen LogP contribution in [0.5, 0.6) is 0 Å². The Morgan fingerprint density at radius 1 is 0.800 bits per heavy atom. The molecule has 0 aliphatic heterocycles. The summed E-state index contributed by atoms with van der Waals surface area (Å²) in [5, 5.41) is 6.87. The van der Waals surface area contributed by atoms with Gasteiger partial charge in [0.15, 0.2) is 0 Å². The van der Waals surface area contributed by atoms with Gasteiger partial charge in [-0.25, -0.2) is 0 Å². The van der Waals surface area contributed by atoms with Gasteiger partial charge in [0.1, 0.15) is 0 Å². The third-order valence-corrected chi connectivity index (χ3v) is 5.05. The maximum absolute atomic E-state index is 3.69. The molecule has 1 fully saturated rings. The third-order valence-electron chi connectivity index (χ3n) is 5.05. The van der Waals surface area contributed by atoms with Crippen LogP contribution in [0.2, 0.25) is 0 Å². The molecule has 1 aliphatic rings. The lowest BCUT2D eigenvalue weighted by molar-refractivity contribution is 0.673. The first-order valence-electron chi connectivity index (χ1n) is 8.99. The van der Waals surface area contributed by atoms with Crippen molar-refractivity contribution in [2.75, 3.05) is 12.4 Å². The lowest BCUT2D eigenvalue weighted by Crippen LogP contribution is -2.17. The number of benzene rings is 3. The first kappa shape index (κ1) is 15.9. The standard InChI is InChI=1S/C23H24N2/c1-24-21-13-11-20(12-14-21)22-15-23(22)25-16-17-7-9-19(10-8-17)18-5-3-2-4-6-18/h2-14,22-25H,15-16H2,1H3. The van der Waals surface area contributed by atoms with E-state index in [1.807, 2.05) is 7.05 Å². The highest BCUT2D eigenvalue weighted by atomic mass is 15.0. The van der Waals surface area contributed by atoms with Crippen molar-refractivity contribution in [2.24, 2.45) is 0 Å². The van der Waals surface area contributed by atoms with Gasteiger partial charge in [0.2, 0.25) is 0 Å². The quantitative estimate of drug-likeness (QED) is 0.662. The SMILES string of the molecule is CNc1ccc(C2CC2NCc2ccc(-c3ccccc3)cc2)cc1. The number of hydrogen-bond donors (Lipinski definition) is 2. The lowest BCUT2D eigenvalue weighted by atomic mass is 10.0. The van der Waals surface area contributed by atoms with Crippen molar-refractivity contribution in [3.8, 4) is 11.1 Å². The summed E-state index contributed by atoms with van der Waals surface area (Å²) in [4.78, 5) is 0. The Morgan fingerprint density at radius 2 is 1.48 bits per heavy atom. The lowest BCUT2D eigenvalue weighted by Gasteiger charge is -2.07. The predicted molar refractivity (Wildman–Crippen MR) is 106 cm³/mol. The van der Waals surface area contributed by atoms with Crippen LogP contribution in [-0.4, -0.2) is 13.1 Å². The third kappa shape index (κ3) is 3.75. The molecule has 126 valence electrons.